The third-order valence-electron chi connectivity index (χ3n) is 5.06. The maximum atomic E-state index is 12.8. The molecule has 1 heterocycles. The molecule has 4 rings (SSSR count). The van der Waals surface area contributed by atoms with Crippen molar-refractivity contribution in [3.05, 3.63) is 84.4 Å². The van der Waals surface area contributed by atoms with E-state index in [9.17, 15) is 4.79 Å². The molecule has 3 aromatic rings. The largest absolute Gasteiger partial charge is 0.497 e. The standard InChI is InChI=1S/C24H24N2O3/c1-28-23-9-5-6-19(18-23)24(27)26-16-14-25(15-17-26)20-10-12-22(13-11-20)29-21-7-3-2-4-8-21/h2-13,18H,14-17H2,1H3. The maximum absolute atomic E-state index is 12.8. The lowest BCUT2D eigenvalue weighted by Gasteiger charge is -2.36. The molecule has 1 aliphatic rings. The molecule has 5 heteroatoms. The van der Waals surface area contributed by atoms with Crippen LogP contribution in [0.1, 0.15) is 10.4 Å². The Morgan fingerprint density at radius 1 is 0.759 bits per heavy atom. The molecule has 1 amide bonds. The average molecular weight is 388 g/mol. The van der Waals surface area contributed by atoms with E-state index >= 15 is 0 Å². The first kappa shape index (κ1) is 18.9. The van der Waals surface area contributed by atoms with Crippen LogP contribution in [0.3, 0.4) is 0 Å². The van der Waals surface area contributed by atoms with Crippen molar-refractivity contribution < 1.29 is 14.3 Å². The van der Waals surface area contributed by atoms with Crippen LogP contribution in [0.5, 0.6) is 17.2 Å². The highest BCUT2D eigenvalue weighted by Gasteiger charge is 2.22. The molecule has 0 atom stereocenters. The van der Waals surface area contributed by atoms with Gasteiger partial charge in [-0.25, -0.2) is 0 Å². The number of piperazine rings is 1. The fraction of sp³-hybridized carbons (Fsp3) is 0.208. The molecule has 29 heavy (non-hydrogen) atoms. The summed E-state index contributed by atoms with van der Waals surface area (Å²) in [5, 5.41) is 0. The van der Waals surface area contributed by atoms with Crippen molar-refractivity contribution in [1.29, 1.82) is 0 Å². The van der Waals surface area contributed by atoms with Gasteiger partial charge in [-0.15, -0.1) is 0 Å². The number of amides is 1. The fourth-order valence-electron chi connectivity index (χ4n) is 3.46. The van der Waals surface area contributed by atoms with Crippen molar-refractivity contribution in [2.45, 2.75) is 0 Å². The minimum atomic E-state index is 0.0511. The molecule has 0 aliphatic carbocycles. The second kappa shape index (κ2) is 8.69. The van der Waals surface area contributed by atoms with Crippen LogP contribution >= 0.6 is 0 Å². The number of carbonyl (C=O) groups is 1. The molecule has 1 fully saturated rings. The Kier molecular flexibility index (Phi) is 5.66. The van der Waals surface area contributed by atoms with Gasteiger partial charge in [0.15, 0.2) is 0 Å². The highest BCUT2D eigenvalue weighted by atomic mass is 16.5. The van der Waals surface area contributed by atoms with Crippen molar-refractivity contribution in [2.75, 3.05) is 38.2 Å². The van der Waals surface area contributed by atoms with Crippen LogP contribution in [0.25, 0.3) is 0 Å². The van der Waals surface area contributed by atoms with E-state index in [1.807, 2.05) is 65.6 Å². The van der Waals surface area contributed by atoms with Crippen LogP contribution in [-0.4, -0.2) is 44.1 Å². The minimum absolute atomic E-state index is 0.0511. The second-order valence-corrected chi connectivity index (χ2v) is 6.92. The number of methoxy groups -OCH3 is 1. The molecule has 5 nitrogen and oxygen atoms in total. The molecule has 0 saturated carbocycles. The van der Waals surface area contributed by atoms with Crippen molar-refractivity contribution in [1.82, 2.24) is 4.90 Å². The smallest absolute Gasteiger partial charge is 0.254 e. The summed E-state index contributed by atoms with van der Waals surface area (Å²) in [6.45, 7) is 2.99. The summed E-state index contributed by atoms with van der Waals surface area (Å²) in [5.41, 5.74) is 1.80. The van der Waals surface area contributed by atoms with E-state index < -0.39 is 0 Å². The molecule has 148 valence electrons. The predicted molar refractivity (Wildman–Crippen MR) is 114 cm³/mol. The normalized spacial score (nSPS) is 13.8. The number of ether oxygens (including phenoxy) is 2. The highest BCUT2D eigenvalue weighted by molar-refractivity contribution is 5.94. The zero-order chi connectivity index (χ0) is 20.1. The molecule has 0 spiro atoms. The van der Waals surface area contributed by atoms with Crippen LogP contribution in [0, 0.1) is 0 Å². The minimum Gasteiger partial charge on any atom is -0.497 e. The molecule has 0 bridgehead atoms. The molecule has 1 aliphatic heterocycles. The van der Waals surface area contributed by atoms with Crippen molar-refractivity contribution in [3.8, 4) is 17.2 Å². The van der Waals surface area contributed by atoms with E-state index in [0.717, 1.165) is 30.3 Å². The van der Waals surface area contributed by atoms with Gasteiger partial charge in [-0.3, -0.25) is 4.79 Å². The van der Waals surface area contributed by atoms with Gasteiger partial charge in [-0.05, 0) is 54.6 Å². The third kappa shape index (κ3) is 4.51. The van der Waals surface area contributed by atoms with Crippen LogP contribution < -0.4 is 14.4 Å². The summed E-state index contributed by atoms with van der Waals surface area (Å²) >= 11 is 0. The van der Waals surface area contributed by atoms with Crippen molar-refractivity contribution in [2.24, 2.45) is 0 Å². The quantitative estimate of drug-likeness (QED) is 0.648. The van der Waals surface area contributed by atoms with E-state index in [-0.39, 0.29) is 5.91 Å². The first-order valence-electron chi connectivity index (χ1n) is 9.74. The summed E-state index contributed by atoms with van der Waals surface area (Å²) in [7, 11) is 1.61. The summed E-state index contributed by atoms with van der Waals surface area (Å²) in [6, 6.07) is 25.2. The Balaban J connectivity index is 1.35. The molecular weight excluding hydrogens is 364 g/mol. The Morgan fingerprint density at radius 2 is 1.41 bits per heavy atom. The number of nitrogens with zero attached hydrogens (tertiary/aromatic N) is 2. The maximum Gasteiger partial charge on any atom is 0.254 e. The van der Waals surface area contributed by atoms with Crippen LogP contribution in [-0.2, 0) is 0 Å². The van der Waals surface area contributed by atoms with Crippen LogP contribution in [0.15, 0.2) is 78.9 Å². The number of hydrogen-bond donors (Lipinski definition) is 0. The van der Waals surface area contributed by atoms with Crippen LogP contribution in [0.4, 0.5) is 5.69 Å². The monoisotopic (exact) mass is 388 g/mol. The molecule has 0 unspecified atom stereocenters. The SMILES string of the molecule is COc1cccc(C(=O)N2CCN(c3ccc(Oc4ccccc4)cc3)CC2)c1. The Labute approximate surface area is 171 Å². The van der Waals surface area contributed by atoms with Crippen molar-refractivity contribution >= 4 is 11.6 Å². The zero-order valence-corrected chi connectivity index (χ0v) is 16.5. The molecular formula is C24H24N2O3. The van der Waals surface area contributed by atoms with Gasteiger partial charge in [0.25, 0.3) is 5.91 Å². The number of benzene rings is 3. The van der Waals surface area contributed by atoms with Gasteiger partial charge < -0.3 is 19.3 Å². The summed E-state index contributed by atoms with van der Waals surface area (Å²) < 4.78 is 11.1. The van der Waals surface area contributed by atoms with Gasteiger partial charge >= 0.3 is 0 Å². The van der Waals surface area contributed by atoms with Gasteiger partial charge in [0.2, 0.25) is 0 Å². The van der Waals surface area contributed by atoms with E-state index in [1.165, 1.54) is 0 Å². The fourth-order valence-corrected chi connectivity index (χ4v) is 3.46. The van der Waals surface area contributed by atoms with Gasteiger partial charge in [0.1, 0.15) is 17.2 Å². The van der Waals surface area contributed by atoms with Gasteiger partial charge in [0.05, 0.1) is 7.11 Å². The molecule has 1 saturated heterocycles. The Bertz CT molecular complexity index is 949. The van der Waals surface area contributed by atoms with E-state index in [1.54, 1.807) is 13.2 Å². The second-order valence-electron chi connectivity index (χ2n) is 6.92. The van der Waals surface area contributed by atoms with Crippen molar-refractivity contribution in [3.63, 3.8) is 0 Å². The summed E-state index contributed by atoms with van der Waals surface area (Å²) in [5.74, 6) is 2.39. The lowest BCUT2D eigenvalue weighted by molar-refractivity contribution is 0.0746. The number of hydrogen-bond acceptors (Lipinski definition) is 4. The van der Waals surface area contributed by atoms with E-state index in [0.29, 0.717) is 24.4 Å². The lowest BCUT2D eigenvalue weighted by Crippen LogP contribution is -2.48. The Morgan fingerprint density at radius 3 is 2.10 bits per heavy atom. The van der Waals surface area contributed by atoms with E-state index in [4.69, 9.17) is 9.47 Å². The van der Waals surface area contributed by atoms with Crippen LogP contribution in [0.2, 0.25) is 0 Å². The molecule has 0 radical (unpaired) electrons. The molecule has 0 N–H and O–H groups in total. The predicted octanol–water partition coefficient (Wildman–Crippen LogP) is 4.45. The number of rotatable bonds is 5. The highest BCUT2D eigenvalue weighted by Crippen LogP contribution is 2.25. The average Bonchev–Trinajstić information content (AvgIpc) is 2.80. The Hall–Kier alpha value is -3.47. The zero-order valence-electron chi connectivity index (χ0n) is 16.5. The first-order valence-corrected chi connectivity index (χ1v) is 9.74. The summed E-state index contributed by atoms with van der Waals surface area (Å²) in [6.07, 6.45) is 0. The molecule has 0 aromatic heterocycles. The van der Waals surface area contributed by atoms with Gasteiger partial charge in [-0.2, -0.15) is 0 Å². The molecule has 3 aromatic carbocycles. The third-order valence-corrected chi connectivity index (χ3v) is 5.06. The number of anilines is 1. The van der Waals surface area contributed by atoms with Gasteiger partial charge in [-0.1, -0.05) is 24.3 Å². The number of para-hydroxylation sites is 1. The van der Waals surface area contributed by atoms with E-state index in [2.05, 4.69) is 17.0 Å². The topological polar surface area (TPSA) is 42.0 Å². The first-order chi connectivity index (χ1) is 14.2. The summed E-state index contributed by atoms with van der Waals surface area (Å²) in [4.78, 5) is 17.0. The van der Waals surface area contributed by atoms with Gasteiger partial charge in [0, 0.05) is 37.4 Å². The lowest BCUT2D eigenvalue weighted by atomic mass is 10.1. The number of carbonyl (C=O) groups excluding carboxylic acids is 1.